The quantitative estimate of drug-likeness (QED) is 0.778. The third-order valence-electron chi connectivity index (χ3n) is 4.27. The highest BCUT2D eigenvalue weighted by Crippen LogP contribution is 2.20. The fraction of sp³-hybridized carbons (Fsp3) is 0.562. The number of aldehydes is 1. The summed E-state index contributed by atoms with van der Waals surface area (Å²) in [6.45, 7) is 11.0. The summed E-state index contributed by atoms with van der Waals surface area (Å²) in [7, 11) is 0. The summed E-state index contributed by atoms with van der Waals surface area (Å²) < 4.78 is 0. The van der Waals surface area contributed by atoms with Gasteiger partial charge in [0.25, 0.3) is 0 Å². The Bertz CT molecular complexity index is 436. The highest BCUT2D eigenvalue weighted by molar-refractivity contribution is 5.78. The van der Waals surface area contributed by atoms with Gasteiger partial charge in [-0.05, 0) is 44.0 Å². The van der Waals surface area contributed by atoms with Gasteiger partial charge in [0.2, 0.25) is 0 Å². The van der Waals surface area contributed by atoms with Crippen LogP contribution in [0.1, 0.15) is 36.2 Å². The molecular weight excluding hydrogens is 236 g/mol. The van der Waals surface area contributed by atoms with Gasteiger partial charge in [0.15, 0.2) is 0 Å². The van der Waals surface area contributed by atoms with Crippen LogP contribution in [0.4, 0.5) is 5.69 Å². The van der Waals surface area contributed by atoms with Gasteiger partial charge in [0.1, 0.15) is 6.29 Å². The van der Waals surface area contributed by atoms with Gasteiger partial charge in [-0.1, -0.05) is 6.92 Å². The number of anilines is 1. The van der Waals surface area contributed by atoms with Crippen LogP contribution in [-0.2, 0) is 0 Å². The number of hydrogen-bond acceptors (Lipinski definition) is 3. The first-order valence-corrected chi connectivity index (χ1v) is 7.20. The number of nitrogens with zero attached hydrogens (tertiary/aromatic N) is 2. The van der Waals surface area contributed by atoms with Crippen LogP contribution >= 0.6 is 0 Å². The summed E-state index contributed by atoms with van der Waals surface area (Å²) >= 11 is 0. The van der Waals surface area contributed by atoms with Crippen molar-refractivity contribution in [3.8, 4) is 0 Å². The average Bonchev–Trinajstić information content (AvgIpc) is 2.46. The van der Waals surface area contributed by atoms with E-state index >= 15 is 0 Å². The predicted octanol–water partition coefficient (Wildman–Crippen LogP) is 2.73. The second-order valence-corrected chi connectivity index (χ2v) is 5.44. The Balaban J connectivity index is 2.01. The summed E-state index contributed by atoms with van der Waals surface area (Å²) in [5, 5.41) is 0. The van der Waals surface area contributed by atoms with Crippen molar-refractivity contribution in [3.63, 3.8) is 0 Å². The molecule has 0 amide bonds. The molecule has 1 saturated heterocycles. The highest BCUT2D eigenvalue weighted by atomic mass is 16.1. The molecule has 1 fully saturated rings. The third-order valence-corrected chi connectivity index (χ3v) is 4.27. The van der Waals surface area contributed by atoms with E-state index in [9.17, 15) is 4.79 Å². The Morgan fingerprint density at radius 2 is 1.95 bits per heavy atom. The smallest absolute Gasteiger partial charge is 0.150 e. The number of carbonyl (C=O) groups excluding carboxylic acids is 1. The maximum Gasteiger partial charge on any atom is 0.150 e. The largest absolute Gasteiger partial charge is 0.369 e. The van der Waals surface area contributed by atoms with E-state index in [-0.39, 0.29) is 0 Å². The molecule has 3 nitrogen and oxygen atoms in total. The topological polar surface area (TPSA) is 23.6 Å². The molecule has 1 atom stereocenters. The minimum Gasteiger partial charge on any atom is -0.369 e. The van der Waals surface area contributed by atoms with E-state index < -0.39 is 0 Å². The van der Waals surface area contributed by atoms with Gasteiger partial charge in [-0.15, -0.1) is 0 Å². The van der Waals surface area contributed by atoms with Crippen LogP contribution in [0.15, 0.2) is 18.2 Å². The molecule has 0 radical (unpaired) electrons. The Morgan fingerprint density at radius 1 is 1.26 bits per heavy atom. The highest BCUT2D eigenvalue weighted by Gasteiger charge is 2.20. The number of benzene rings is 1. The maximum absolute atomic E-state index is 10.8. The van der Waals surface area contributed by atoms with Crippen LogP contribution in [-0.4, -0.2) is 43.4 Å². The molecule has 1 unspecified atom stereocenters. The van der Waals surface area contributed by atoms with Crippen molar-refractivity contribution in [3.05, 3.63) is 29.3 Å². The zero-order valence-corrected chi connectivity index (χ0v) is 12.2. The van der Waals surface area contributed by atoms with E-state index in [1.54, 1.807) is 0 Å². The third kappa shape index (κ3) is 3.16. The molecule has 0 aliphatic carbocycles. The van der Waals surface area contributed by atoms with Gasteiger partial charge < -0.3 is 4.90 Å². The maximum atomic E-state index is 10.8. The molecule has 1 aliphatic rings. The first kappa shape index (κ1) is 14.1. The van der Waals surface area contributed by atoms with E-state index in [0.717, 1.165) is 43.6 Å². The standard InChI is InChI=1S/C16H24N2O/c1-4-14(3)17-7-9-18(10-8-17)16-6-5-15(12-19)13(2)11-16/h5-6,11-12,14H,4,7-10H2,1-3H3. The Hall–Kier alpha value is -1.35. The molecule has 104 valence electrons. The molecule has 2 rings (SSSR count). The molecule has 1 aromatic carbocycles. The van der Waals surface area contributed by atoms with Crippen molar-refractivity contribution in [1.29, 1.82) is 0 Å². The molecule has 1 heterocycles. The van der Waals surface area contributed by atoms with Gasteiger partial charge in [0.05, 0.1) is 0 Å². The first-order valence-electron chi connectivity index (χ1n) is 7.20. The molecule has 3 heteroatoms. The molecule has 0 bridgehead atoms. The molecule has 0 saturated carbocycles. The van der Waals surface area contributed by atoms with E-state index in [2.05, 4.69) is 35.8 Å². The van der Waals surface area contributed by atoms with Gasteiger partial charge >= 0.3 is 0 Å². The summed E-state index contributed by atoms with van der Waals surface area (Å²) in [6, 6.07) is 6.80. The van der Waals surface area contributed by atoms with Gasteiger partial charge in [-0.25, -0.2) is 0 Å². The molecule has 1 aromatic rings. The Labute approximate surface area is 116 Å². The monoisotopic (exact) mass is 260 g/mol. The van der Waals surface area contributed by atoms with E-state index in [1.165, 1.54) is 12.1 Å². The normalized spacial score (nSPS) is 18.4. The van der Waals surface area contributed by atoms with Crippen LogP contribution in [0.2, 0.25) is 0 Å². The lowest BCUT2D eigenvalue weighted by Crippen LogP contribution is -2.49. The molecule has 0 aromatic heterocycles. The van der Waals surface area contributed by atoms with Crippen LogP contribution in [0.25, 0.3) is 0 Å². The van der Waals surface area contributed by atoms with Crippen molar-refractivity contribution in [1.82, 2.24) is 4.90 Å². The number of carbonyl (C=O) groups is 1. The summed E-state index contributed by atoms with van der Waals surface area (Å²) in [6.07, 6.45) is 2.15. The zero-order chi connectivity index (χ0) is 13.8. The minimum absolute atomic E-state index is 0.682. The fourth-order valence-corrected chi connectivity index (χ4v) is 2.67. The molecular formula is C16H24N2O. The predicted molar refractivity (Wildman–Crippen MR) is 80.1 cm³/mol. The average molecular weight is 260 g/mol. The first-order chi connectivity index (χ1) is 9.15. The van der Waals surface area contributed by atoms with Crippen molar-refractivity contribution in [2.24, 2.45) is 0 Å². The van der Waals surface area contributed by atoms with Crippen LogP contribution in [0, 0.1) is 6.92 Å². The van der Waals surface area contributed by atoms with Crippen LogP contribution in [0.5, 0.6) is 0 Å². The zero-order valence-electron chi connectivity index (χ0n) is 12.2. The van der Waals surface area contributed by atoms with E-state index in [0.29, 0.717) is 6.04 Å². The van der Waals surface area contributed by atoms with Crippen molar-refractivity contribution < 1.29 is 4.79 Å². The van der Waals surface area contributed by atoms with Gasteiger partial charge in [-0.2, -0.15) is 0 Å². The number of rotatable bonds is 4. The summed E-state index contributed by atoms with van der Waals surface area (Å²) in [5.74, 6) is 0. The lowest BCUT2D eigenvalue weighted by Gasteiger charge is -2.39. The number of hydrogen-bond donors (Lipinski definition) is 0. The van der Waals surface area contributed by atoms with Crippen LogP contribution in [0.3, 0.4) is 0 Å². The SMILES string of the molecule is CCC(C)N1CCN(c2ccc(C=O)c(C)c2)CC1. The summed E-state index contributed by atoms with van der Waals surface area (Å²) in [5.41, 5.74) is 3.10. The minimum atomic E-state index is 0.682. The number of piperazine rings is 1. The lowest BCUT2D eigenvalue weighted by atomic mass is 10.1. The molecule has 1 aliphatic heterocycles. The Kier molecular flexibility index (Phi) is 4.59. The van der Waals surface area contributed by atoms with Crippen molar-refractivity contribution in [2.75, 3.05) is 31.1 Å². The van der Waals surface area contributed by atoms with Gasteiger partial charge in [0, 0.05) is 43.5 Å². The second kappa shape index (κ2) is 6.20. The molecule has 0 N–H and O–H groups in total. The van der Waals surface area contributed by atoms with E-state index in [4.69, 9.17) is 0 Å². The van der Waals surface area contributed by atoms with Crippen molar-refractivity contribution in [2.45, 2.75) is 33.2 Å². The molecule has 0 spiro atoms. The Morgan fingerprint density at radius 3 is 2.47 bits per heavy atom. The summed E-state index contributed by atoms with van der Waals surface area (Å²) in [4.78, 5) is 15.8. The van der Waals surface area contributed by atoms with E-state index in [1.807, 2.05) is 13.0 Å². The second-order valence-electron chi connectivity index (χ2n) is 5.44. The number of aryl methyl sites for hydroxylation is 1. The molecule has 19 heavy (non-hydrogen) atoms. The van der Waals surface area contributed by atoms with Gasteiger partial charge in [-0.3, -0.25) is 9.69 Å². The van der Waals surface area contributed by atoms with Crippen molar-refractivity contribution >= 4 is 12.0 Å². The van der Waals surface area contributed by atoms with Crippen LogP contribution < -0.4 is 4.90 Å². The fourth-order valence-electron chi connectivity index (χ4n) is 2.67. The lowest BCUT2D eigenvalue weighted by molar-refractivity contribution is 0.112.